The molecule has 2 aromatic carbocycles. The maximum absolute atomic E-state index is 10.3. The van der Waals surface area contributed by atoms with E-state index in [1.807, 2.05) is 30.3 Å². The highest BCUT2D eigenvalue weighted by molar-refractivity contribution is 9.10. The van der Waals surface area contributed by atoms with E-state index in [9.17, 15) is 5.11 Å². The van der Waals surface area contributed by atoms with E-state index < -0.39 is 6.10 Å². The Labute approximate surface area is 140 Å². The van der Waals surface area contributed by atoms with Gasteiger partial charge in [-0.15, -0.1) is 0 Å². The van der Waals surface area contributed by atoms with E-state index in [-0.39, 0.29) is 0 Å². The van der Waals surface area contributed by atoms with Crippen molar-refractivity contribution in [2.75, 3.05) is 7.11 Å². The van der Waals surface area contributed by atoms with Gasteiger partial charge in [-0.05, 0) is 51.3 Å². The Morgan fingerprint density at radius 3 is 2.55 bits per heavy atom. The fourth-order valence-corrected chi connectivity index (χ4v) is 3.33. The van der Waals surface area contributed by atoms with Crippen LogP contribution in [-0.2, 0) is 6.42 Å². The first-order chi connectivity index (χ1) is 9.51. The fourth-order valence-electron chi connectivity index (χ4n) is 1.94. The molecule has 0 aliphatic rings. The third-order valence-electron chi connectivity index (χ3n) is 2.97. The van der Waals surface area contributed by atoms with Crippen LogP contribution in [0.3, 0.4) is 0 Å². The summed E-state index contributed by atoms with van der Waals surface area (Å²) >= 11 is 12.9. The summed E-state index contributed by atoms with van der Waals surface area (Å²) in [6.07, 6.45) is -0.153. The number of benzene rings is 2. The van der Waals surface area contributed by atoms with Gasteiger partial charge in [0.2, 0.25) is 0 Å². The van der Waals surface area contributed by atoms with Crippen LogP contribution in [0.25, 0.3) is 0 Å². The van der Waals surface area contributed by atoms with Gasteiger partial charge >= 0.3 is 0 Å². The minimum Gasteiger partial charge on any atom is -0.496 e. The van der Waals surface area contributed by atoms with Gasteiger partial charge < -0.3 is 9.84 Å². The normalized spacial score (nSPS) is 12.2. The van der Waals surface area contributed by atoms with Gasteiger partial charge in [0, 0.05) is 15.9 Å². The number of hydrogen-bond donors (Lipinski definition) is 1. The third kappa shape index (κ3) is 3.76. The van der Waals surface area contributed by atoms with Crippen molar-refractivity contribution in [3.8, 4) is 5.75 Å². The Balaban J connectivity index is 2.18. The van der Waals surface area contributed by atoms with E-state index in [2.05, 4.69) is 31.9 Å². The molecule has 0 radical (unpaired) electrons. The van der Waals surface area contributed by atoms with Crippen LogP contribution in [0, 0.1) is 0 Å². The molecule has 1 atom stereocenters. The number of aliphatic hydroxyl groups excluding tert-OH is 1. The lowest BCUT2D eigenvalue weighted by molar-refractivity contribution is 0.178. The predicted octanol–water partition coefficient (Wildman–Crippen LogP) is 5.15. The van der Waals surface area contributed by atoms with E-state index >= 15 is 0 Å². The fraction of sp³-hybridized carbons (Fsp3) is 0.200. The second-order valence-electron chi connectivity index (χ2n) is 4.35. The van der Waals surface area contributed by atoms with Crippen molar-refractivity contribution in [3.63, 3.8) is 0 Å². The molecule has 0 aromatic heterocycles. The lowest BCUT2D eigenvalue weighted by Gasteiger charge is -2.14. The Bertz CT molecular complexity index is 617. The maximum atomic E-state index is 10.3. The van der Waals surface area contributed by atoms with Gasteiger partial charge in [-0.1, -0.05) is 39.7 Å². The lowest BCUT2D eigenvalue weighted by atomic mass is 10.0. The molecule has 0 saturated carbocycles. The van der Waals surface area contributed by atoms with Crippen molar-refractivity contribution in [3.05, 3.63) is 61.5 Å². The number of ether oxygens (including phenoxy) is 1. The predicted molar refractivity (Wildman–Crippen MR) is 88.5 cm³/mol. The summed E-state index contributed by atoms with van der Waals surface area (Å²) in [7, 11) is 1.62. The van der Waals surface area contributed by atoms with Crippen molar-refractivity contribution >= 4 is 43.5 Å². The van der Waals surface area contributed by atoms with Gasteiger partial charge in [-0.25, -0.2) is 0 Å². The molecule has 2 rings (SSSR count). The average Bonchev–Trinajstić information content (AvgIpc) is 2.38. The molecule has 0 fully saturated rings. The van der Waals surface area contributed by atoms with E-state index in [0.717, 1.165) is 25.8 Å². The molecule has 0 heterocycles. The van der Waals surface area contributed by atoms with Crippen LogP contribution >= 0.6 is 43.5 Å². The van der Waals surface area contributed by atoms with Gasteiger partial charge in [-0.3, -0.25) is 0 Å². The van der Waals surface area contributed by atoms with E-state index in [1.165, 1.54) is 0 Å². The van der Waals surface area contributed by atoms with Gasteiger partial charge in [-0.2, -0.15) is 0 Å². The highest BCUT2D eigenvalue weighted by atomic mass is 79.9. The summed E-state index contributed by atoms with van der Waals surface area (Å²) in [4.78, 5) is 0. The molecule has 0 aliphatic heterocycles. The maximum Gasteiger partial charge on any atom is 0.133 e. The molecule has 2 nitrogen and oxygen atoms in total. The second-order valence-corrected chi connectivity index (χ2v) is 6.53. The Hall–Kier alpha value is -0.550. The van der Waals surface area contributed by atoms with E-state index in [1.54, 1.807) is 13.2 Å². The van der Waals surface area contributed by atoms with Crippen LogP contribution in [0.2, 0.25) is 5.02 Å². The van der Waals surface area contributed by atoms with Gasteiger partial charge in [0.25, 0.3) is 0 Å². The number of halogens is 3. The first-order valence-corrected chi connectivity index (χ1v) is 7.93. The van der Waals surface area contributed by atoms with Crippen molar-refractivity contribution in [2.45, 2.75) is 12.5 Å². The highest BCUT2D eigenvalue weighted by Crippen LogP contribution is 2.31. The number of rotatable bonds is 4. The zero-order valence-corrected chi connectivity index (χ0v) is 14.7. The smallest absolute Gasteiger partial charge is 0.133 e. The summed E-state index contributed by atoms with van der Waals surface area (Å²) in [5.41, 5.74) is 1.73. The van der Waals surface area contributed by atoms with Gasteiger partial charge in [0.05, 0.1) is 17.7 Å². The standard InChI is InChI=1S/C15H13Br2ClO2/c1-20-15-5-2-9(6-12(15)17)7-14(19)11-4-3-10(16)8-13(11)18/h2-6,8,14,19H,7H2,1H3. The van der Waals surface area contributed by atoms with Crippen LogP contribution in [0.15, 0.2) is 45.3 Å². The van der Waals surface area contributed by atoms with Crippen LogP contribution in [0.1, 0.15) is 17.2 Å². The SMILES string of the molecule is COc1ccc(CC(O)c2ccc(Br)cc2Cl)cc1Br. The quantitative estimate of drug-likeness (QED) is 0.741. The molecule has 0 bridgehead atoms. The molecule has 1 unspecified atom stereocenters. The lowest BCUT2D eigenvalue weighted by Crippen LogP contribution is -2.03. The molecule has 0 spiro atoms. The molecule has 1 N–H and O–H groups in total. The minimum absolute atomic E-state index is 0.490. The zero-order valence-electron chi connectivity index (χ0n) is 10.7. The first-order valence-electron chi connectivity index (χ1n) is 5.96. The van der Waals surface area contributed by atoms with E-state index in [4.69, 9.17) is 16.3 Å². The van der Waals surface area contributed by atoms with Crippen LogP contribution in [0.5, 0.6) is 5.75 Å². The van der Waals surface area contributed by atoms with Crippen LogP contribution in [-0.4, -0.2) is 12.2 Å². The molecule has 20 heavy (non-hydrogen) atoms. The van der Waals surface area contributed by atoms with Crippen molar-refractivity contribution in [2.24, 2.45) is 0 Å². The van der Waals surface area contributed by atoms with Crippen molar-refractivity contribution < 1.29 is 9.84 Å². The Kier molecular flexibility index (Phi) is 5.49. The Morgan fingerprint density at radius 2 is 1.95 bits per heavy atom. The largest absolute Gasteiger partial charge is 0.496 e. The summed E-state index contributed by atoms with van der Waals surface area (Å²) in [6.45, 7) is 0. The Morgan fingerprint density at radius 1 is 1.20 bits per heavy atom. The van der Waals surface area contributed by atoms with Gasteiger partial charge in [0.1, 0.15) is 5.75 Å². The topological polar surface area (TPSA) is 29.5 Å². The summed E-state index contributed by atoms with van der Waals surface area (Å²) in [6, 6.07) is 11.2. The summed E-state index contributed by atoms with van der Waals surface area (Å²) in [5, 5.41) is 10.9. The average molecular weight is 421 g/mol. The molecular formula is C15H13Br2ClO2. The van der Waals surface area contributed by atoms with Gasteiger partial charge in [0.15, 0.2) is 0 Å². The number of aliphatic hydroxyl groups is 1. The number of methoxy groups -OCH3 is 1. The molecule has 0 amide bonds. The molecule has 0 aliphatic carbocycles. The van der Waals surface area contributed by atoms with Crippen molar-refractivity contribution in [1.29, 1.82) is 0 Å². The first kappa shape index (κ1) is 15.8. The highest BCUT2D eigenvalue weighted by Gasteiger charge is 2.13. The summed E-state index contributed by atoms with van der Waals surface area (Å²) in [5.74, 6) is 0.768. The number of hydrogen-bond acceptors (Lipinski definition) is 2. The zero-order chi connectivity index (χ0) is 14.7. The monoisotopic (exact) mass is 418 g/mol. The molecule has 0 saturated heterocycles. The second kappa shape index (κ2) is 6.94. The van der Waals surface area contributed by atoms with E-state index in [0.29, 0.717) is 11.4 Å². The minimum atomic E-state index is -0.643. The molecular weight excluding hydrogens is 407 g/mol. The summed E-state index contributed by atoms with van der Waals surface area (Å²) < 4.78 is 6.95. The van der Waals surface area contributed by atoms with Crippen molar-refractivity contribution in [1.82, 2.24) is 0 Å². The van der Waals surface area contributed by atoms with Crippen LogP contribution < -0.4 is 4.74 Å². The molecule has 5 heteroatoms. The van der Waals surface area contributed by atoms with Crippen LogP contribution in [0.4, 0.5) is 0 Å². The molecule has 106 valence electrons. The third-order valence-corrected chi connectivity index (χ3v) is 4.41. The molecule has 2 aromatic rings.